The number of aryl methyl sites for hydroxylation is 1. The van der Waals surface area contributed by atoms with E-state index in [0.29, 0.717) is 34.9 Å². The van der Waals surface area contributed by atoms with Crippen molar-refractivity contribution in [1.82, 2.24) is 0 Å². The highest BCUT2D eigenvalue weighted by Gasteiger charge is 2.20. The highest BCUT2D eigenvalue weighted by molar-refractivity contribution is 6.08. The summed E-state index contributed by atoms with van der Waals surface area (Å²) >= 11 is 0. The molecular weight excluding hydrogens is 364 g/mol. The number of nitrogens with zero attached hydrogens (tertiary/aromatic N) is 2. The molecule has 0 aliphatic carbocycles. The lowest BCUT2D eigenvalue weighted by molar-refractivity contribution is 0.0989. The second-order valence-electron chi connectivity index (χ2n) is 6.63. The monoisotopic (exact) mass is 386 g/mol. The van der Waals surface area contributed by atoms with Gasteiger partial charge in [-0.05, 0) is 54.4 Å². The molecule has 0 unspecified atom stereocenters. The molecule has 3 aromatic rings. The molecule has 0 aliphatic heterocycles. The van der Waals surface area contributed by atoms with Gasteiger partial charge in [0.1, 0.15) is 18.1 Å². The van der Waals surface area contributed by atoms with Gasteiger partial charge in [-0.3, -0.25) is 4.79 Å². The number of anilines is 1. The van der Waals surface area contributed by atoms with Gasteiger partial charge in [0.25, 0.3) is 5.91 Å². The van der Waals surface area contributed by atoms with Gasteiger partial charge >= 0.3 is 0 Å². The second kappa shape index (κ2) is 8.94. The number of rotatable bonds is 6. The molecule has 0 aromatic heterocycles. The number of hydrogen-bond donors (Lipinski definition) is 0. The Morgan fingerprint density at radius 1 is 1.03 bits per heavy atom. The first-order chi connectivity index (χ1) is 14.0. The van der Waals surface area contributed by atoms with E-state index in [1.54, 1.807) is 49.4 Å². The molecule has 0 saturated carbocycles. The molecule has 1 amide bonds. The van der Waals surface area contributed by atoms with Gasteiger partial charge in [-0.25, -0.2) is 0 Å². The second-order valence-corrected chi connectivity index (χ2v) is 6.63. The highest BCUT2D eigenvalue weighted by Crippen LogP contribution is 2.31. The molecular formula is C24H22N2O3. The predicted octanol–water partition coefficient (Wildman–Crippen LogP) is 4.73. The molecule has 0 aliphatic rings. The van der Waals surface area contributed by atoms with E-state index in [1.807, 2.05) is 43.3 Å². The Bertz CT molecular complexity index is 1050. The molecule has 0 bridgehead atoms. The zero-order valence-electron chi connectivity index (χ0n) is 16.7. The summed E-state index contributed by atoms with van der Waals surface area (Å²) in [6.07, 6.45) is 0. The minimum absolute atomic E-state index is 0.186. The SMILES string of the molecule is COc1ccccc1C(=O)N(C)c1ccc(C)cc1OCc1ccc(C#N)cc1. The Balaban J connectivity index is 1.85. The van der Waals surface area contributed by atoms with Crippen LogP contribution in [0.3, 0.4) is 0 Å². The first-order valence-corrected chi connectivity index (χ1v) is 9.17. The number of para-hydroxylation sites is 1. The Hall–Kier alpha value is -3.78. The fourth-order valence-electron chi connectivity index (χ4n) is 2.96. The van der Waals surface area contributed by atoms with Crippen LogP contribution in [0.2, 0.25) is 0 Å². The number of amides is 1. The molecule has 0 N–H and O–H groups in total. The average molecular weight is 386 g/mol. The lowest BCUT2D eigenvalue weighted by Crippen LogP contribution is -2.27. The Labute approximate surface area is 170 Å². The van der Waals surface area contributed by atoms with Crippen LogP contribution in [-0.4, -0.2) is 20.1 Å². The van der Waals surface area contributed by atoms with Gasteiger partial charge in [0.15, 0.2) is 0 Å². The van der Waals surface area contributed by atoms with Gasteiger partial charge in [-0.2, -0.15) is 5.26 Å². The smallest absolute Gasteiger partial charge is 0.261 e. The Morgan fingerprint density at radius 2 is 1.76 bits per heavy atom. The summed E-state index contributed by atoms with van der Waals surface area (Å²) in [4.78, 5) is 14.6. The fraction of sp³-hybridized carbons (Fsp3) is 0.167. The summed E-state index contributed by atoms with van der Waals surface area (Å²) in [7, 11) is 3.26. The van der Waals surface area contributed by atoms with Gasteiger partial charge in [-0.1, -0.05) is 30.3 Å². The predicted molar refractivity (Wildman–Crippen MR) is 112 cm³/mol. The van der Waals surface area contributed by atoms with Gasteiger partial charge in [0.2, 0.25) is 0 Å². The van der Waals surface area contributed by atoms with Crippen LogP contribution in [-0.2, 0) is 6.61 Å². The number of benzene rings is 3. The molecule has 0 spiro atoms. The number of ether oxygens (including phenoxy) is 2. The normalized spacial score (nSPS) is 10.1. The van der Waals surface area contributed by atoms with Crippen molar-refractivity contribution in [2.24, 2.45) is 0 Å². The topological polar surface area (TPSA) is 62.6 Å². The van der Waals surface area contributed by atoms with Crippen LogP contribution in [0.15, 0.2) is 66.7 Å². The molecule has 5 nitrogen and oxygen atoms in total. The number of hydrogen-bond acceptors (Lipinski definition) is 4. The zero-order chi connectivity index (χ0) is 20.8. The number of nitriles is 1. The molecule has 29 heavy (non-hydrogen) atoms. The number of methoxy groups -OCH3 is 1. The van der Waals surface area contributed by atoms with Crippen molar-refractivity contribution >= 4 is 11.6 Å². The molecule has 5 heteroatoms. The third-order valence-corrected chi connectivity index (χ3v) is 4.60. The number of carbonyl (C=O) groups is 1. The van der Waals surface area contributed by atoms with Crippen LogP contribution in [0.1, 0.15) is 27.0 Å². The maximum atomic E-state index is 13.1. The van der Waals surface area contributed by atoms with Gasteiger partial charge < -0.3 is 14.4 Å². The largest absolute Gasteiger partial charge is 0.496 e. The summed E-state index contributed by atoms with van der Waals surface area (Å²) < 4.78 is 11.4. The van der Waals surface area contributed by atoms with Crippen LogP contribution in [0.4, 0.5) is 5.69 Å². The highest BCUT2D eigenvalue weighted by atomic mass is 16.5. The van der Waals surface area contributed by atoms with Crippen LogP contribution >= 0.6 is 0 Å². The third kappa shape index (κ3) is 4.56. The van der Waals surface area contributed by atoms with Gasteiger partial charge in [0, 0.05) is 7.05 Å². The zero-order valence-corrected chi connectivity index (χ0v) is 16.7. The summed E-state index contributed by atoms with van der Waals surface area (Å²) in [5, 5.41) is 8.92. The van der Waals surface area contributed by atoms with E-state index in [-0.39, 0.29) is 5.91 Å². The van der Waals surface area contributed by atoms with Crippen molar-refractivity contribution in [3.05, 3.63) is 89.0 Å². The minimum Gasteiger partial charge on any atom is -0.496 e. The van der Waals surface area contributed by atoms with E-state index in [0.717, 1.165) is 11.1 Å². The van der Waals surface area contributed by atoms with Crippen LogP contribution in [0.5, 0.6) is 11.5 Å². The van der Waals surface area contributed by atoms with Crippen molar-refractivity contribution in [3.8, 4) is 17.6 Å². The van der Waals surface area contributed by atoms with E-state index < -0.39 is 0 Å². The molecule has 0 atom stereocenters. The Morgan fingerprint density at radius 3 is 2.45 bits per heavy atom. The first-order valence-electron chi connectivity index (χ1n) is 9.17. The standard InChI is InChI=1S/C24H22N2O3/c1-17-8-13-21(26(2)24(27)20-6-4-5-7-22(20)28-3)23(14-17)29-16-19-11-9-18(15-25)10-12-19/h4-14H,16H2,1-3H3. The van der Waals surface area contributed by atoms with Crippen LogP contribution in [0.25, 0.3) is 0 Å². The van der Waals surface area contributed by atoms with Crippen molar-refractivity contribution < 1.29 is 14.3 Å². The minimum atomic E-state index is -0.186. The third-order valence-electron chi connectivity index (χ3n) is 4.60. The van der Waals surface area contributed by atoms with Crippen LogP contribution in [0, 0.1) is 18.3 Å². The molecule has 0 heterocycles. The first kappa shape index (κ1) is 20.0. The lowest BCUT2D eigenvalue weighted by Gasteiger charge is -2.22. The maximum Gasteiger partial charge on any atom is 0.261 e. The fourth-order valence-corrected chi connectivity index (χ4v) is 2.96. The summed E-state index contributed by atoms with van der Waals surface area (Å²) in [6, 6.07) is 22.2. The van der Waals surface area contributed by atoms with E-state index in [1.165, 1.54) is 0 Å². The van der Waals surface area contributed by atoms with Crippen LogP contribution < -0.4 is 14.4 Å². The number of carbonyl (C=O) groups excluding carboxylic acids is 1. The Kier molecular flexibility index (Phi) is 6.16. The van der Waals surface area contributed by atoms with Gasteiger partial charge in [0.05, 0.1) is 30.0 Å². The van der Waals surface area contributed by atoms with Crippen molar-refractivity contribution in [2.45, 2.75) is 13.5 Å². The molecule has 0 saturated heterocycles. The molecule has 0 radical (unpaired) electrons. The summed E-state index contributed by atoms with van der Waals surface area (Å²) in [5.74, 6) is 0.950. The van der Waals surface area contributed by atoms with E-state index in [9.17, 15) is 4.79 Å². The molecule has 0 fully saturated rings. The van der Waals surface area contributed by atoms with E-state index >= 15 is 0 Å². The summed E-state index contributed by atoms with van der Waals surface area (Å²) in [5.41, 5.74) is 3.72. The summed E-state index contributed by atoms with van der Waals surface area (Å²) in [6.45, 7) is 2.30. The van der Waals surface area contributed by atoms with Crippen molar-refractivity contribution in [3.63, 3.8) is 0 Å². The average Bonchev–Trinajstić information content (AvgIpc) is 2.77. The van der Waals surface area contributed by atoms with Crippen molar-refractivity contribution in [2.75, 3.05) is 19.1 Å². The molecule has 3 rings (SSSR count). The molecule has 3 aromatic carbocycles. The van der Waals surface area contributed by atoms with E-state index in [4.69, 9.17) is 14.7 Å². The van der Waals surface area contributed by atoms with E-state index in [2.05, 4.69) is 6.07 Å². The molecule has 146 valence electrons. The lowest BCUT2D eigenvalue weighted by atomic mass is 10.1. The maximum absolute atomic E-state index is 13.1. The van der Waals surface area contributed by atoms with Gasteiger partial charge in [-0.15, -0.1) is 0 Å². The van der Waals surface area contributed by atoms with Crippen molar-refractivity contribution in [1.29, 1.82) is 5.26 Å². The quantitative estimate of drug-likeness (QED) is 0.614.